The summed E-state index contributed by atoms with van der Waals surface area (Å²) < 4.78 is 0. The molecule has 98 valence electrons. The van der Waals surface area contributed by atoms with E-state index in [1.165, 1.54) is 48.8 Å². The number of hydrogen-bond acceptors (Lipinski definition) is 2. The van der Waals surface area contributed by atoms with E-state index in [2.05, 4.69) is 31.8 Å². The fraction of sp³-hybridized carbons (Fsp3) is 0.500. The molecular formula is C16H24N2. The molecule has 2 rings (SSSR count). The summed E-state index contributed by atoms with van der Waals surface area (Å²) in [5.41, 5.74) is 13.2. The van der Waals surface area contributed by atoms with Crippen LogP contribution in [-0.2, 0) is 25.8 Å². The van der Waals surface area contributed by atoms with Gasteiger partial charge in [-0.15, -0.1) is 0 Å². The first-order chi connectivity index (χ1) is 8.63. The van der Waals surface area contributed by atoms with Gasteiger partial charge in [0.1, 0.15) is 0 Å². The Hall–Kier alpha value is -1.44. The van der Waals surface area contributed by atoms with Crippen molar-refractivity contribution in [1.82, 2.24) is 5.32 Å². The predicted molar refractivity (Wildman–Crippen MR) is 77.4 cm³/mol. The molecule has 1 aromatic carbocycles. The Morgan fingerprint density at radius 1 is 1.44 bits per heavy atom. The maximum Gasteiger partial charge on any atom is 0.0888 e. The van der Waals surface area contributed by atoms with E-state index in [0.717, 1.165) is 6.54 Å². The van der Waals surface area contributed by atoms with Gasteiger partial charge in [0.2, 0.25) is 0 Å². The van der Waals surface area contributed by atoms with E-state index < -0.39 is 0 Å². The summed E-state index contributed by atoms with van der Waals surface area (Å²) in [6.45, 7) is 9.03. The van der Waals surface area contributed by atoms with Crippen LogP contribution in [-0.4, -0.2) is 0 Å². The molecule has 2 heteroatoms. The van der Waals surface area contributed by atoms with E-state index in [0.29, 0.717) is 5.82 Å². The van der Waals surface area contributed by atoms with Crippen LogP contribution < -0.4 is 11.1 Å². The van der Waals surface area contributed by atoms with Gasteiger partial charge < -0.3 is 11.1 Å². The van der Waals surface area contributed by atoms with Gasteiger partial charge in [0.15, 0.2) is 0 Å². The average Bonchev–Trinajstić information content (AvgIpc) is 2.77. The summed E-state index contributed by atoms with van der Waals surface area (Å²) in [4.78, 5) is 0. The molecule has 18 heavy (non-hydrogen) atoms. The Kier molecular flexibility index (Phi) is 3.95. The van der Waals surface area contributed by atoms with Crippen LogP contribution in [0.25, 0.3) is 0 Å². The van der Waals surface area contributed by atoms with Gasteiger partial charge in [-0.25, -0.2) is 0 Å². The van der Waals surface area contributed by atoms with E-state index in [4.69, 9.17) is 5.73 Å². The third kappa shape index (κ3) is 2.53. The van der Waals surface area contributed by atoms with Crippen LogP contribution in [0.3, 0.4) is 0 Å². The van der Waals surface area contributed by atoms with Crippen molar-refractivity contribution in [2.45, 2.75) is 52.5 Å². The Morgan fingerprint density at radius 3 is 2.89 bits per heavy atom. The van der Waals surface area contributed by atoms with Crippen molar-refractivity contribution in [3.05, 3.63) is 46.3 Å². The lowest BCUT2D eigenvalue weighted by molar-refractivity contribution is 0.782. The third-order valence-electron chi connectivity index (χ3n) is 3.92. The minimum Gasteiger partial charge on any atom is -0.386 e. The highest BCUT2D eigenvalue weighted by Gasteiger charge is 2.18. The Bertz CT molecular complexity index is 461. The second-order valence-corrected chi connectivity index (χ2v) is 5.26. The van der Waals surface area contributed by atoms with Gasteiger partial charge in [0.25, 0.3) is 0 Å². The fourth-order valence-electron chi connectivity index (χ4n) is 2.98. The third-order valence-corrected chi connectivity index (χ3v) is 3.92. The van der Waals surface area contributed by atoms with Gasteiger partial charge >= 0.3 is 0 Å². The van der Waals surface area contributed by atoms with Crippen LogP contribution in [0.15, 0.2) is 18.5 Å². The monoisotopic (exact) mass is 244 g/mol. The largest absolute Gasteiger partial charge is 0.386 e. The topological polar surface area (TPSA) is 38.0 Å². The van der Waals surface area contributed by atoms with Crippen LogP contribution >= 0.6 is 0 Å². The summed E-state index contributed by atoms with van der Waals surface area (Å²) in [7, 11) is 0. The molecule has 0 saturated carbocycles. The first-order valence-electron chi connectivity index (χ1n) is 6.94. The zero-order chi connectivity index (χ0) is 13.1. The van der Waals surface area contributed by atoms with Gasteiger partial charge in [-0.1, -0.05) is 26.0 Å². The van der Waals surface area contributed by atoms with Crippen LogP contribution in [0.5, 0.6) is 0 Å². The van der Waals surface area contributed by atoms with Gasteiger partial charge in [-0.3, -0.25) is 0 Å². The molecule has 3 N–H and O–H groups in total. The molecule has 0 fully saturated rings. The molecule has 0 radical (unpaired) electrons. The highest BCUT2D eigenvalue weighted by atomic mass is 15.0. The van der Waals surface area contributed by atoms with Crippen molar-refractivity contribution in [2.24, 2.45) is 5.73 Å². The number of nitrogens with two attached hydrogens (primary N) is 1. The number of aryl methyl sites for hydroxylation is 2. The average molecular weight is 244 g/mol. The Balaban J connectivity index is 2.38. The summed E-state index contributed by atoms with van der Waals surface area (Å²) in [6.07, 6.45) is 6.13. The molecule has 1 aromatic rings. The summed E-state index contributed by atoms with van der Waals surface area (Å²) in [5, 5.41) is 3.18. The first-order valence-corrected chi connectivity index (χ1v) is 6.94. The van der Waals surface area contributed by atoms with Crippen LogP contribution in [0, 0.1) is 6.92 Å². The highest BCUT2D eigenvalue weighted by Crippen LogP contribution is 2.30. The van der Waals surface area contributed by atoms with Gasteiger partial charge in [0, 0.05) is 6.54 Å². The van der Waals surface area contributed by atoms with Gasteiger partial charge in [-0.05, 0) is 60.4 Å². The highest BCUT2D eigenvalue weighted by molar-refractivity contribution is 5.48. The molecule has 0 aliphatic heterocycles. The second-order valence-electron chi connectivity index (χ2n) is 5.26. The molecule has 0 bridgehead atoms. The van der Waals surface area contributed by atoms with Crippen molar-refractivity contribution >= 4 is 0 Å². The standard InChI is InChI=1S/C16H24N2/c1-4-6-13-9-14-7-5-8-15(14)16(11(13)2)10-18-12(3)17/h9,18H,3-8,10,17H2,1-2H3. The summed E-state index contributed by atoms with van der Waals surface area (Å²) >= 11 is 0. The van der Waals surface area contributed by atoms with Crippen LogP contribution in [0.1, 0.15) is 47.6 Å². The minimum absolute atomic E-state index is 0.557. The van der Waals surface area contributed by atoms with E-state index in [1.54, 1.807) is 11.1 Å². The maximum absolute atomic E-state index is 5.63. The zero-order valence-electron chi connectivity index (χ0n) is 11.6. The van der Waals surface area contributed by atoms with Gasteiger partial charge in [-0.2, -0.15) is 0 Å². The van der Waals surface area contributed by atoms with Gasteiger partial charge in [0.05, 0.1) is 5.82 Å². The van der Waals surface area contributed by atoms with E-state index in [9.17, 15) is 0 Å². The molecule has 0 amide bonds. The lowest BCUT2D eigenvalue weighted by atomic mass is 9.91. The lowest BCUT2D eigenvalue weighted by Crippen LogP contribution is -2.20. The number of hydrogen-bond donors (Lipinski definition) is 2. The lowest BCUT2D eigenvalue weighted by Gasteiger charge is -2.17. The minimum atomic E-state index is 0.557. The molecule has 0 aromatic heterocycles. The van der Waals surface area contributed by atoms with Crippen molar-refractivity contribution in [1.29, 1.82) is 0 Å². The number of rotatable bonds is 5. The van der Waals surface area contributed by atoms with E-state index >= 15 is 0 Å². The molecule has 1 aliphatic carbocycles. The summed E-state index contributed by atoms with van der Waals surface area (Å²) in [6, 6.07) is 2.43. The van der Waals surface area contributed by atoms with Crippen molar-refractivity contribution in [3.63, 3.8) is 0 Å². The molecule has 0 spiro atoms. The summed E-state index contributed by atoms with van der Waals surface area (Å²) in [5.74, 6) is 0.557. The Labute approximate surface area is 110 Å². The van der Waals surface area contributed by atoms with E-state index in [-0.39, 0.29) is 0 Å². The number of benzene rings is 1. The quantitative estimate of drug-likeness (QED) is 0.835. The van der Waals surface area contributed by atoms with Crippen molar-refractivity contribution in [3.8, 4) is 0 Å². The predicted octanol–water partition coefficient (Wildman–Crippen LogP) is 2.96. The maximum atomic E-state index is 5.63. The molecule has 0 saturated heterocycles. The molecule has 1 aliphatic rings. The normalized spacial score (nSPS) is 13.4. The van der Waals surface area contributed by atoms with Crippen LogP contribution in [0.2, 0.25) is 0 Å². The number of fused-ring (bicyclic) bond motifs is 1. The molecule has 0 atom stereocenters. The van der Waals surface area contributed by atoms with Crippen molar-refractivity contribution < 1.29 is 0 Å². The zero-order valence-corrected chi connectivity index (χ0v) is 11.6. The molecule has 2 nitrogen and oxygen atoms in total. The Morgan fingerprint density at radius 2 is 2.22 bits per heavy atom. The van der Waals surface area contributed by atoms with Crippen LogP contribution in [0.4, 0.5) is 0 Å². The number of nitrogens with one attached hydrogen (secondary N) is 1. The second kappa shape index (κ2) is 5.47. The first kappa shape index (κ1) is 13.0. The molecule has 0 unspecified atom stereocenters. The SMILES string of the molecule is C=C(N)NCc1c(C)c(CCC)cc2c1CCC2. The van der Waals surface area contributed by atoms with Crippen molar-refractivity contribution in [2.75, 3.05) is 0 Å². The smallest absolute Gasteiger partial charge is 0.0888 e. The van der Waals surface area contributed by atoms with E-state index in [1.807, 2.05) is 0 Å². The molecule has 0 heterocycles. The fourth-order valence-corrected chi connectivity index (χ4v) is 2.98. The molecular weight excluding hydrogens is 220 g/mol.